The number of fused-ring (bicyclic) bond motifs is 1. The molecule has 2 saturated heterocycles. The molecule has 0 radical (unpaired) electrons. The average molecular weight is 414 g/mol. The summed E-state index contributed by atoms with van der Waals surface area (Å²) < 4.78 is 4.84. The molecular formula is C19H23N7O2S. The predicted molar refractivity (Wildman–Crippen MR) is 111 cm³/mol. The minimum atomic E-state index is -0.537. The molecule has 0 bridgehead atoms. The summed E-state index contributed by atoms with van der Waals surface area (Å²) in [5.41, 5.74) is 1.63. The van der Waals surface area contributed by atoms with E-state index in [2.05, 4.69) is 25.1 Å². The van der Waals surface area contributed by atoms with Gasteiger partial charge in [0.25, 0.3) is 0 Å². The monoisotopic (exact) mass is 413 g/mol. The number of nitrogens with zero attached hydrogens (tertiary/aromatic N) is 7. The Morgan fingerprint density at radius 3 is 2.24 bits per heavy atom. The molecule has 1 atom stereocenters. The zero-order chi connectivity index (χ0) is 19.6. The molecule has 3 aromatic heterocycles. The van der Waals surface area contributed by atoms with Crippen molar-refractivity contribution in [3.63, 3.8) is 0 Å². The Kier molecular flexibility index (Phi) is 5.19. The van der Waals surface area contributed by atoms with Crippen molar-refractivity contribution in [2.24, 2.45) is 5.92 Å². The summed E-state index contributed by atoms with van der Waals surface area (Å²) in [6.45, 7) is 3.49. The number of anilines is 2. The van der Waals surface area contributed by atoms with Crippen molar-refractivity contribution in [3.8, 4) is 0 Å². The van der Waals surface area contributed by atoms with E-state index in [4.69, 9.17) is 14.6 Å². The molecule has 0 saturated carbocycles. The third-order valence-corrected chi connectivity index (χ3v) is 6.61. The highest BCUT2D eigenvalue weighted by Gasteiger charge is 2.30. The molecule has 5 rings (SSSR count). The van der Waals surface area contributed by atoms with Crippen molar-refractivity contribution < 1.29 is 9.74 Å². The predicted octanol–water partition coefficient (Wildman–Crippen LogP) is 1.91. The number of aliphatic hydroxyl groups excluding tert-OH is 1. The minimum absolute atomic E-state index is 0.182. The second kappa shape index (κ2) is 8.11. The normalized spacial score (nSPS) is 19.6. The molecule has 0 aromatic carbocycles. The summed E-state index contributed by atoms with van der Waals surface area (Å²) in [7, 11) is 0. The maximum absolute atomic E-state index is 10.7. The fraction of sp³-hybridized carbons (Fsp3) is 0.526. The standard InChI is InChI=1S/C19H23N7O2S/c27-15(14-3-1-2-6-20-14)13-4-7-25(8-5-13)18-19(26-9-11-29-12-10-26)22-17-16(21-18)23-28-24-17/h1-3,6,13,15,27H,4-5,7-12H2. The Balaban J connectivity index is 1.37. The molecule has 152 valence electrons. The lowest BCUT2D eigenvalue weighted by atomic mass is 9.89. The van der Waals surface area contributed by atoms with Crippen molar-refractivity contribution in [3.05, 3.63) is 30.1 Å². The Hall–Kier alpha value is -2.46. The largest absolute Gasteiger partial charge is 0.387 e. The number of thioether (sulfide) groups is 1. The highest BCUT2D eigenvalue weighted by atomic mass is 32.2. The van der Waals surface area contributed by atoms with Crippen LogP contribution in [0.5, 0.6) is 0 Å². The first-order chi connectivity index (χ1) is 14.3. The van der Waals surface area contributed by atoms with Crippen LogP contribution in [0.1, 0.15) is 24.6 Å². The van der Waals surface area contributed by atoms with Crippen molar-refractivity contribution in [1.29, 1.82) is 0 Å². The third-order valence-electron chi connectivity index (χ3n) is 5.67. The van der Waals surface area contributed by atoms with Gasteiger partial charge in [0.1, 0.15) is 0 Å². The number of hydrogen-bond acceptors (Lipinski definition) is 10. The molecule has 2 aliphatic rings. The van der Waals surface area contributed by atoms with E-state index < -0.39 is 6.10 Å². The molecule has 1 N–H and O–H groups in total. The van der Waals surface area contributed by atoms with Crippen LogP contribution in [0, 0.1) is 5.92 Å². The first-order valence-corrected chi connectivity index (χ1v) is 11.1. The van der Waals surface area contributed by atoms with Gasteiger partial charge < -0.3 is 14.9 Å². The van der Waals surface area contributed by atoms with E-state index in [0.29, 0.717) is 11.3 Å². The van der Waals surface area contributed by atoms with E-state index in [0.717, 1.165) is 67.9 Å². The van der Waals surface area contributed by atoms with Crippen LogP contribution in [0.4, 0.5) is 11.6 Å². The lowest BCUT2D eigenvalue weighted by Crippen LogP contribution is -2.39. The SMILES string of the molecule is OC(c1ccccn1)C1CCN(c2nc3nonc3nc2N2CCSCC2)CC1. The van der Waals surface area contributed by atoms with E-state index in [-0.39, 0.29) is 5.92 Å². The highest BCUT2D eigenvalue weighted by molar-refractivity contribution is 7.99. The van der Waals surface area contributed by atoms with Crippen molar-refractivity contribution >= 4 is 34.7 Å². The summed E-state index contributed by atoms with van der Waals surface area (Å²) in [4.78, 5) is 18.3. The summed E-state index contributed by atoms with van der Waals surface area (Å²) in [6, 6.07) is 5.67. The molecule has 3 aromatic rings. The highest BCUT2D eigenvalue weighted by Crippen LogP contribution is 2.35. The van der Waals surface area contributed by atoms with Gasteiger partial charge in [-0.1, -0.05) is 6.07 Å². The van der Waals surface area contributed by atoms with E-state index >= 15 is 0 Å². The van der Waals surface area contributed by atoms with Crippen LogP contribution >= 0.6 is 11.8 Å². The molecule has 2 fully saturated rings. The Morgan fingerprint density at radius 2 is 1.62 bits per heavy atom. The van der Waals surface area contributed by atoms with Crippen LogP contribution in [0.2, 0.25) is 0 Å². The summed E-state index contributed by atoms with van der Waals surface area (Å²) in [5.74, 6) is 4.04. The number of hydrogen-bond donors (Lipinski definition) is 1. The van der Waals surface area contributed by atoms with Gasteiger partial charge in [0.15, 0.2) is 11.6 Å². The molecule has 29 heavy (non-hydrogen) atoms. The summed E-state index contributed by atoms with van der Waals surface area (Å²) in [5, 5.41) is 18.5. The van der Waals surface area contributed by atoms with Crippen molar-refractivity contribution in [2.45, 2.75) is 18.9 Å². The quantitative estimate of drug-likeness (QED) is 0.682. The van der Waals surface area contributed by atoms with Gasteiger partial charge in [-0.15, -0.1) is 0 Å². The Labute approximate surface area is 172 Å². The van der Waals surface area contributed by atoms with Gasteiger partial charge in [0, 0.05) is 43.9 Å². The van der Waals surface area contributed by atoms with Crippen molar-refractivity contribution in [2.75, 3.05) is 47.5 Å². The van der Waals surface area contributed by atoms with E-state index in [1.54, 1.807) is 6.20 Å². The molecule has 10 heteroatoms. The van der Waals surface area contributed by atoms with Gasteiger partial charge in [-0.2, -0.15) is 11.8 Å². The van der Waals surface area contributed by atoms with Gasteiger partial charge >= 0.3 is 0 Å². The van der Waals surface area contributed by atoms with Gasteiger partial charge in [-0.3, -0.25) is 4.98 Å². The lowest BCUT2D eigenvalue weighted by Gasteiger charge is -2.37. The van der Waals surface area contributed by atoms with Crippen molar-refractivity contribution in [1.82, 2.24) is 25.3 Å². The molecule has 0 spiro atoms. The number of piperidine rings is 1. The van der Waals surface area contributed by atoms with Gasteiger partial charge in [0.2, 0.25) is 11.3 Å². The molecule has 0 aliphatic carbocycles. The van der Waals surface area contributed by atoms with Gasteiger partial charge in [-0.25, -0.2) is 14.6 Å². The topological polar surface area (TPSA) is 104 Å². The molecule has 0 amide bonds. The molecular weight excluding hydrogens is 390 g/mol. The second-order valence-corrected chi connectivity index (χ2v) is 8.63. The Morgan fingerprint density at radius 1 is 0.966 bits per heavy atom. The zero-order valence-corrected chi connectivity index (χ0v) is 16.8. The molecule has 1 unspecified atom stereocenters. The number of pyridine rings is 1. The fourth-order valence-corrected chi connectivity index (χ4v) is 4.94. The first-order valence-electron chi connectivity index (χ1n) is 9.96. The van der Waals surface area contributed by atoms with E-state index in [1.165, 1.54) is 0 Å². The molecule has 2 aliphatic heterocycles. The minimum Gasteiger partial charge on any atom is -0.387 e. The van der Waals surface area contributed by atoms with Crippen LogP contribution in [0.15, 0.2) is 29.0 Å². The van der Waals surface area contributed by atoms with Gasteiger partial charge in [0.05, 0.1) is 11.8 Å². The van der Waals surface area contributed by atoms with E-state index in [1.807, 2.05) is 30.0 Å². The first kappa shape index (κ1) is 18.6. The van der Waals surface area contributed by atoms with Crippen LogP contribution in [-0.2, 0) is 0 Å². The maximum Gasteiger partial charge on any atom is 0.245 e. The lowest BCUT2D eigenvalue weighted by molar-refractivity contribution is 0.0890. The number of rotatable bonds is 4. The number of aliphatic hydroxyl groups is 1. The summed E-state index contributed by atoms with van der Waals surface area (Å²) in [6.07, 6.45) is 2.92. The average Bonchev–Trinajstić information content (AvgIpc) is 3.27. The third kappa shape index (κ3) is 3.74. The molecule has 5 heterocycles. The fourth-order valence-electron chi connectivity index (χ4n) is 4.04. The van der Waals surface area contributed by atoms with Crippen LogP contribution in [-0.4, -0.2) is 68.1 Å². The molecule has 9 nitrogen and oxygen atoms in total. The van der Waals surface area contributed by atoms with Gasteiger partial charge in [-0.05, 0) is 41.2 Å². The van der Waals surface area contributed by atoms with Crippen LogP contribution in [0.3, 0.4) is 0 Å². The zero-order valence-electron chi connectivity index (χ0n) is 16.0. The Bertz CT molecular complexity index is 956. The van der Waals surface area contributed by atoms with Crippen LogP contribution in [0.25, 0.3) is 11.3 Å². The number of aromatic nitrogens is 5. The van der Waals surface area contributed by atoms with Crippen LogP contribution < -0.4 is 9.80 Å². The summed E-state index contributed by atoms with van der Waals surface area (Å²) >= 11 is 1.96. The smallest absolute Gasteiger partial charge is 0.245 e. The second-order valence-electron chi connectivity index (χ2n) is 7.41. The van der Waals surface area contributed by atoms with E-state index in [9.17, 15) is 5.11 Å². The maximum atomic E-state index is 10.7.